The summed E-state index contributed by atoms with van der Waals surface area (Å²) >= 11 is 1.59. The first-order chi connectivity index (χ1) is 13.7. The molecule has 0 saturated carbocycles. The van der Waals surface area contributed by atoms with Crippen molar-refractivity contribution in [2.45, 2.75) is 20.4 Å². The first-order valence-corrected chi connectivity index (χ1v) is 14.0. The number of rotatable bonds is 7. The predicted octanol–water partition coefficient (Wildman–Crippen LogP) is 4.89. The number of nitrogens with zero attached hydrogens (tertiary/aromatic N) is 2. The summed E-state index contributed by atoms with van der Waals surface area (Å²) in [5, 5.41) is 0. The first kappa shape index (κ1) is 23.9. The molecule has 7 heteroatoms. The van der Waals surface area contributed by atoms with Gasteiger partial charge in [-0.05, 0) is 42.2 Å². The van der Waals surface area contributed by atoms with Crippen molar-refractivity contribution in [3.63, 3.8) is 0 Å². The molecule has 0 spiro atoms. The van der Waals surface area contributed by atoms with E-state index in [2.05, 4.69) is 40.6 Å². The van der Waals surface area contributed by atoms with Crippen LogP contribution < -0.4 is 15.2 Å². The quantitative estimate of drug-likeness (QED) is 0.368. The van der Waals surface area contributed by atoms with Crippen molar-refractivity contribution < 1.29 is 4.39 Å². The molecule has 1 aliphatic rings. The van der Waals surface area contributed by atoms with Crippen LogP contribution in [-0.4, -0.2) is 42.3 Å². The number of aromatic nitrogens is 1. The van der Waals surface area contributed by atoms with Crippen LogP contribution in [0, 0.1) is 5.82 Å². The van der Waals surface area contributed by atoms with E-state index in [0.29, 0.717) is 17.9 Å². The molecule has 1 aromatic heterocycles. The fourth-order valence-corrected chi connectivity index (χ4v) is 4.28. The Morgan fingerprint density at radius 1 is 1.14 bits per heavy atom. The summed E-state index contributed by atoms with van der Waals surface area (Å²) in [6.45, 7) is 5.50. The minimum Gasteiger partial charge on any atom is -0.260 e. The van der Waals surface area contributed by atoms with Gasteiger partial charge >= 0.3 is 0 Å². The van der Waals surface area contributed by atoms with E-state index in [4.69, 9.17) is 5.84 Å². The van der Waals surface area contributed by atoms with Crippen molar-refractivity contribution in [3.05, 3.63) is 65.2 Å². The zero-order chi connectivity index (χ0) is 21.7. The Hall–Kier alpha value is -1.38. The lowest BCUT2D eigenvalue weighted by Gasteiger charge is -2.31. The number of benzene rings is 1. The van der Waals surface area contributed by atoms with Crippen molar-refractivity contribution in [2.75, 3.05) is 37.3 Å². The van der Waals surface area contributed by atoms with Crippen molar-refractivity contribution in [1.82, 2.24) is 14.3 Å². The van der Waals surface area contributed by atoms with Gasteiger partial charge in [-0.1, -0.05) is 50.1 Å². The summed E-state index contributed by atoms with van der Waals surface area (Å²) in [5.74, 6) is 8.02. The maximum absolute atomic E-state index is 14.7. The van der Waals surface area contributed by atoms with Crippen molar-refractivity contribution >= 4 is 33.4 Å². The van der Waals surface area contributed by atoms with Gasteiger partial charge in [0, 0.05) is 18.5 Å². The predicted molar refractivity (Wildman–Crippen MR) is 130 cm³/mol. The van der Waals surface area contributed by atoms with Crippen molar-refractivity contribution in [1.29, 1.82) is 0 Å². The van der Waals surface area contributed by atoms with Gasteiger partial charge in [-0.3, -0.25) is 4.72 Å². The molecule has 3 rings (SSSR count). The Labute approximate surface area is 180 Å². The molecule has 3 N–H and O–H groups in total. The average molecular weight is 438 g/mol. The summed E-state index contributed by atoms with van der Waals surface area (Å²) < 4.78 is 18.0. The van der Waals surface area contributed by atoms with E-state index in [1.54, 1.807) is 11.9 Å². The van der Waals surface area contributed by atoms with Gasteiger partial charge in [0.25, 0.3) is 5.82 Å². The topological polar surface area (TPSA) is 50.9 Å². The highest BCUT2D eigenvalue weighted by molar-refractivity contribution is 8.32. The first-order valence-electron chi connectivity index (χ1n) is 9.79. The van der Waals surface area contributed by atoms with E-state index in [9.17, 15) is 4.39 Å². The van der Waals surface area contributed by atoms with E-state index in [1.807, 2.05) is 38.4 Å². The van der Waals surface area contributed by atoms with Gasteiger partial charge in [0.1, 0.15) is 24.1 Å². The molecule has 160 valence electrons. The van der Waals surface area contributed by atoms with Crippen LogP contribution in [0.4, 0.5) is 10.2 Å². The molecule has 0 fully saturated rings. The number of pyridine rings is 1. The standard InChI is InChI=1S/C20H28FN4S2.C2H6/c1-26-24-13-15-5-7-16(8-6-15)17-14-25(22,11-12-27(2,3)4)20-19(17)18(21)9-10-23-20;1-2/h5-10,14,24H,11-13,22H2,1-4H3;1-2H3/q+1;. The molecule has 1 aromatic carbocycles. The van der Waals surface area contributed by atoms with Crippen LogP contribution >= 0.6 is 22.0 Å². The van der Waals surface area contributed by atoms with Crippen LogP contribution in [0.1, 0.15) is 30.5 Å². The maximum Gasteiger partial charge on any atom is 0.262 e. The third kappa shape index (κ3) is 5.83. The number of nitrogens with two attached hydrogens (primary N) is 1. The van der Waals surface area contributed by atoms with Crippen LogP contribution in [0.15, 0.2) is 42.7 Å². The van der Waals surface area contributed by atoms with Crippen LogP contribution in [0.2, 0.25) is 0 Å². The summed E-state index contributed by atoms with van der Waals surface area (Å²) in [5.41, 5.74) is 3.50. The lowest BCUT2D eigenvalue weighted by atomic mass is 9.99. The zero-order valence-electron chi connectivity index (χ0n) is 18.3. The van der Waals surface area contributed by atoms with E-state index in [-0.39, 0.29) is 10.4 Å². The van der Waals surface area contributed by atoms with E-state index in [1.165, 1.54) is 17.8 Å². The number of halogens is 1. The lowest BCUT2D eigenvalue weighted by Crippen LogP contribution is -2.52. The molecule has 0 aliphatic carbocycles. The molecule has 1 aliphatic heterocycles. The summed E-state index contributed by atoms with van der Waals surface area (Å²) in [6.07, 6.45) is 12.3. The van der Waals surface area contributed by atoms with Crippen molar-refractivity contribution in [3.8, 4) is 0 Å². The Morgan fingerprint density at radius 3 is 2.38 bits per heavy atom. The molecule has 2 heterocycles. The van der Waals surface area contributed by atoms with Gasteiger partial charge in [0.05, 0.1) is 5.57 Å². The van der Waals surface area contributed by atoms with Crippen molar-refractivity contribution in [2.24, 2.45) is 5.84 Å². The number of hydrogen-bond donors (Lipinski definition) is 2. The Bertz CT molecular complexity index is 847. The van der Waals surface area contributed by atoms with Gasteiger partial charge in [0.2, 0.25) is 0 Å². The molecule has 1 atom stereocenters. The lowest BCUT2D eigenvalue weighted by molar-refractivity contribution is 0.404. The Balaban J connectivity index is 0.00000145. The minimum atomic E-state index is -0.714. The van der Waals surface area contributed by atoms with Gasteiger partial charge in [-0.25, -0.2) is 19.4 Å². The van der Waals surface area contributed by atoms with Crippen LogP contribution in [0.5, 0.6) is 0 Å². The summed E-state index contributed by atoms with van der Waals surface area (Å²) in [6, 6.07) is 9.61. The second kappa shape index (κ2) is 10.1. The van der Waals surface area contributed by atoms with Crippen LogP contribution in [-0.2, 0) is 6.54 Å². The largest absolute Gasteiger partial charge is 0.262 e. The number of quaternary nitrogens is 1. The monoisotopic (exact) mass is 437 g/mol. The molecular formula is C22H34FN4S2+. The molecule has 0 saturated heterocycles. The molecule has 0 amide bonds. The second-order valence-electron chi connectivity index (χ2n) is 7.71. The van der Waals surface area contributed by atoms with Gasteiger partial charge in [-0.15, -0.1) is 0 Å². The number of fused-ring (bicyclic) bond motifs is 1. The summed E-state index contributed by atoms with van der Waals surface area (Å²) in [4.78, 5) is 4.46. The molecule has 2 aromatic rings. The molecule has 0 radical (unpaired) electrons. The van der Waals surface area contributed by atoms with Gasteiger partial charge in [0.15, 0.2) is 0 Å². The Kier molecular flexibility index (Phi) is 8.31. The van der Waals surface area contributed by atoms with E-state index < -0.39 is 10.0 Å². The normalized spacial score (nSPS) is 18.6. The highest BCUT2D eigenvalue weighted by Crippen LogP contribution is 2.43. The molecule has 29 heavy (non-hydrogen) atoms. The number of nitrogens with one attached hydrogen (secondary N) is 1. The van der Waals surface area contributed by atoms with Gasteiger partial charge < -0.3 is 0 Å². The maximum atomic E-state index is 14.7. The zero-order valence-corrected chi connectivity index (χ0v) is 20.0. The fraction of sp³-hybridized carbons (Fsp3) is 0.409. The van der Waals surface area contributed by atoms with Crippen LogP contribution in [0.3, 0.4) is 0 Å². The third-order valence-corrected chi connectivity index (χ3v) is 6.50. The highest BCUT2D eigenvalue weighted by atomic mass is 32.3. The van der Waals surface area contributed by atoms with E-state index >= 15 is 0 Å². The molecule has 1 unspecified atom stereocenters. The smallest absolute Gasteiger partial charge is 0.260 e. The fourth-order valence-electron chi connectivity index (χ4n) is 3.12. The van der Waals surface area contributed by atoms with Crippen LogP contribution in [0.25, 0.3) is 5.57 Å². The molecular weight excluding hydrogens is 403 g/mol. The highest BCUT2D eigenvalue weighted by Gasteiger charge is 2.40. The van der Waals surface area contributed by atoms with E-state index in [0.717, 1.165) is 23.4 Å². The minimum absolute atomic E-state index is 0.0580. The second-order valence-corrected chi connectivity index (χ2v) is 13.0. The van der Waals surface area contributed by atoms with Gasteiger partial charge in [-0.2, -0.15) is 10.4 Å². The molecule has 0 bridgehead atoms. The third-order valence-electron chi connectivity index (χ3n) is 4.66. The average Bonchev–Trinajstić information content (AvgIpc) is 3.01. The summed E-state index contributed by atoms with van der Waals surface area (Å²) in [7, 11) is -0.714. The number of hydrogen-bond acceptors (Lipinski definition) is 4. The Morgan fingerprint density at radius 2 is 1.79 bits per heavy atom. The molecule has 4 nitrogen and oxygen atoms in total. The SMILES string of the molecule is CC.CSNCc1ccc(C2=C[N+](N)(CCS(C)(C)C)c3nccc(F)c32)cc1.